The zero-order valence-corrected chi connectivity index (χ0v) is 10.2. The van der Waals surface area contributed by atoms with Gasteiger partial charge in [-0.15, -0.1) is 0 Å². The molecular weight excluding hydrogens is 223 g/mol. The Morgan fingerprint density at radius 2 is 1.94 bits per heavy atom. The number of carbonyl (C=O) groups excluding carboxylic acids is 1. The SMILES string of the molecule is CCOC(=O)C(F)C(O)c1c(C)cccc1C. The van der Waals surface area contributed by atoms with Crippen molar-refractivity contribution in [3.63, 3.8) is 0 Å². The number of aryl methyl sites for hydroxylation is 2. The van der Waals surface area contributed by atoms with Crippen molar-refractivity contribution in [2.45, 2.75) is 33.0 Å². The lowest BCUT2D eigenvalue weighted by molar-refractivity contribution is -0.153. The molecule has 1 N–H and O–H groups in total. The van der Waals surface area contributed by atoms with Crippen LogP contribution in [0.2, 0.25) is 0 Å². The summed E-state index contributed by atoms with van der Waals surface area (Å²) in [6.07, 6.45) is -3.52. The van der Waals surface area contributed by atoms with Crippen LogP contribution in [0, 0.1) is 13.8 Å². The number of aliphatic hydroxyl groups excluding tert-OH is 1. The van der Waals surface area contributed by atoms with Gasteiger partial charge in [0.05, 0.1) is 6.61 Å². The van der Waals surface area contributed by atoms with Crippen LogP contribution in [0.1, 0.15) is 29.7 Å². The highest BCUT2D eigenvalue weighted by molar-refractivity contribution is 5.75. The molecule has 0 aliphatic rings. The number of esters is 1. The number of hydrogen-bond donors (Lipinski definition) is 1. The molecule has 0 saturated heterocycles. The van der Waals surface area contributed by atoms with Gasteiger partial charge in [0, 0.05) is 0 Å². The van der Waals surface area contributed by atoms with Crippen LogP contribution in [0.15, 0.2) is 18.2 Å². The summed E-state index contributed by atoms with van der Waals surface area (Å²) in [7, 11) is 0. The summed E-state index contributed by atoms with van der Waals surface area (Å²) in [6, 6.07) is 5.35. The molecule has 1 rings (SSSR count). The first-order valence-electron chi connectivity index (χ1n) is 5.54. The van der Waals surface area contributed by atoms with Crippen molar-refractivity contribution < 1.29 is 19.0 Å². The Hall–Kier alpha value is -1.42. The number of halogens is 1. The number of benzene rings is 1. The van der Waals surface area contributed by atoms with Gasteiger partial charge in [-0.25, -0.2) is 9.18 Å². The third kappa shape index (κ3) is 3.03. The zero-order valence-electron chi connectivity index (χ0n) is 10.2. The summed E-state index contributed by atoms with van der Waals surface area (Å²) in [5, 5.41) is 9.87. The van der Waals surface area contributed by atoms with Crippen LogP contribution < -0.4 is 0 Å². The molecule has 0 amide bonds. The maximum Gasteiger partial charge on any atom is 0.343 e. The number of aliphatic hydroxyl groups is 1. The molecule has 0 radical (unpaired) electrons. The van der Waals surface area contributed by atoms with E-state index in [2.05, 4.69) is 4.74 Å². The van der Waals surface area contributed by atoms with E-state index in [0.29, 0.717) is 5.56 Å². The summed E-state index contributed by atoms with van der Waals surface area (Å²) in [5.74, 6) is -1.03. The lowest BCUT2D eigenvalue weighted by Gasteiger charge is -2.18. The molecular formula is C13H17FO3. The van der Waals surface area contributed by atoms with E-state index < -0.39 is 18.2 Å². The van der Waals surface area contributed by atoms with Crippen molar-refractivity contribution in [3.05, 3.63) is 34.9 Å². The topological polar surface area (TPSA) is 46.5 Å². The fourth-order valence-corrected chi connectivity index (χ4v) is 1.79. The Morgan fingerprint density at radius 1 is 1.41 bits per heavy atom. The van der Waals surface area contributed by atoms with Gasteiger partial charge < -0.3 is 9.84 Å². The smallest absolute Gasteiger partial charge is 0.343 e. The second-order valence-electron chi connectivity index (χ2n) is 3.90. The molecule has 0 heterocycles. The predicted octanol–water partition coefficient (Wildman–Crippen LogP) is 2.24. The number of hydrogen-bond acceptors (Lipinski definition) is 3. The fraction of sp³-hybridized carbons (Fsp3) is 0.462. The summed E-state index contributed by atoms with van der Waals surface area (Å²) < 4.78 is 18.3. The average molecular weight is 240 g/mol. The molecule has 0 aromatic heterocycles. The maximum atomic E-state index is 13.7. The van der Waals surface area contributed by atoms with E-state index in [4.69, 9.17) is 0 Å². The highest BCUT2D eigenvalue weighted by Crippen LogP contribution is 2.26. The molecule has 0 bridgehead atoms. The van der Waals surface area contributed by atoms with Gasteiger partial charge in [0.2, 0.25) is 6.17 Å². The molecule has 2 atom stereocenters. The molecule has 2 unspecified atom stereocenters. The third-order valence-electron chi connectivity index (χ3n) is 2.63. The van der Waals surface area contributed by atoms with Crippen molar-refractivity contribution in [3.8, 4) is 0 Å². The maximum absolute atomic E-state index is 13.7. The highest BCUT2D eigenvalue weighted by atomic mass is 19.1. The van der Waals surface area contributed by atoms with E-state index in [0.717, 1.165) is 11.1 Å². The van der Waals surface area contributed by atoms with Crippen LogP contribution in [0.5, 0.6) is 0 Å². The third-order valence-corrected chi connectivity index (χ3v) is 2.63. The second-order valence-corrected chi connectivity index (χ2v) is 3.90. The van der Waals surface area contributed by atoms with Gasteiger partial charge >= 0.3 is 5.97 Å². The van der Waals surface area contributed by atoms with Crippen molar-refractivity contribution in [1.82, 2.24) is 0 Å². The molecule has 1 aromatic carbocycles. The molecule has 17 heavy (non-hydrogen) atoms. The van der Waals surface area contributed by atoms with Crippen LogP contribution in [-0.4, -0.2) is 23.9 Å². The minimum Gasteiger partial charge on any atom is -0.464 e. The largest absolute Gasteiger partial charge is 0.464 e. The first-order valence-corrected chi connectivity index (χ1v) is 5.54. The molecule has 0 aliphatic carbocycles. The molecule has 1 aromatic rings. The fourth-order valence-electron chi connectivity index (χ4n) is 1.79. The van der Waals surface area contributed by atoms with Crippen LogP contribution in [-0.2, 0) is 9.53 Å². The number of carbonyl (C=O) groups is 1. The average Bonchev–Trinajstić information content (AvgIpc) is 2.27. The number of ether oxygens (including phenoxy) is 1. The number of alkyl halides is 1. The first kappa shape index (κ1) is 13.6. The summed E-state index contributed by atoms with van der Waals surface area (Å²) in [4.78, 5) is 11.2. The van der Waals surface area contributed by atoms with Gasteiger partial charge in [-0.3, -0.25) is 0 Å². The summed E-state index contributed by atoms with van der Waals surface area (Å²) in [5.41, 5.74) is 1.96. The Labute approximate surface area is 100 Å². The van der Waals surface area contributed by atoms with Crippen molar-refractivity contribution >= 4 is 5.97 Å². The second kappa shape index (κ2) is 5.77. The van der Waals surface area contributed by atoms with Gasteiger partial charge in [-0.2, -0.15) is 0 Å². The highest BCUT2D eigenvalue weighted by Gasteiger charge is 2.30. The monoisotopic (exact) mass is 240 g/mol. The molecule has 0 saturated carbocycles. The Bertz CT molecular complexity index is 383. The van der Waals surface area contributed by atoms with Gasteiger partial charge in [-0.1, -0.05) is 18.2 Å². The molecule has 3 nitrogen and oxygen atoms in total. The van der Waals surface area contributed by atoms with Crippen LogP contribution in [0.3, 0.4) is 0 Å². The zero-order chi connectivity index (χ0) is 13.0. The lowest BCUT2D eigenvalue weighted by atomic mass is 9.95. The Morgan fingerprint density at radius 3 is 2.41 bits per heavy atom. The van der Waals surface area contributed by atoms with Crippen molar-refractivity contribution in [1.29, 1.82) is 0 Å². The minimum atomic E-state index is -2.05. The number of rotatable bonds is 4. The molecule has 0 spiro atoms. The van der Waals surface area contributed by atoms with Crippen LogP contribution in [0.4, 0.5) is 4.39 Å². The standard InChI is InChI=1S/C13H17FO3/c1-4-17-13(16)11(14)12(15)10-8(2)6-5-7-9(10)3/h5-7,11-12,15H,4H2,1-3H3. The van der Waals surface area contributed by atoms with Gasteiger partial charge in [-0.05, 0) is 37.5 Å². The molecule has 0 aliphatic heterocycles. The first-order chi connectivity index (χ1) is 7.99. The Balaban J connectivity index is 2.96. The van der Waals surface area contributed by atoms with E-state index >= 15 is 0 Å². The van der Waals surface area contributed by atoms with E-state index in [9.17, 15) is 14.3 Å². The summed E-state index contributed by atoms with van der Waals surface area (Å²) >= 11 is 0. The van der Waals surface area contributed by atoms with Gasteiger partial charge in [0.15, 0.2) is 0 Å². The van der Waals surface area contributed by atoms with Crippen molar-refractivity contribution in [2.24, 2.45) is 0 Å². The van der Waals surface area contributed by atoms with E-state index in [-0.39, 0.29) is 6.61 Å². The van der Waals surface area contributed by atoms with Crippen molar-refractivity contribution in [2.75, 3.05) is 6.61 Å². The van der Waals surface area contributed by atoms with E-state index in [1.807, 2.05) is 6.07 Å². The van der Waals surface area contributed by atoms with Crippen LogP contribution in [0.25, 0.3) is 0 Å². The summed E-state index contributed by atoms with van der Waals surface area (Å²) in [6.45, 7) is 5.22. The quantitative estimate of drug-likeness (QED) is 0.821. The van der Waals surface area contributed by atoms with E-state index in [1.165, 1.54) is 0 Å². The Kier molecular flexibility index (Phi) is 4.63. The van der Waals surface area contributed by atoms with E-state index in [1.54, 1.807) is 32.9 Å². The predicted molar refractivity (Wildman–Crippen MR) is 62.4 cm³/mol. The minimum absolute atomic E-state index is 0.0960. The lowest BCUT2D eigenvalue weighted by Crippen LogP contribution is -2.27. The molecule has 94 valence electrons. The molecule has 0 fully saturated rings. The molecule has 4 heteroatoms. The van der Waals surface area contributed by atoms with Crippen LogP contribution >= 0.6 is 0 Å². The normalized spacial score (nSPS) is 14.2. The van der Waals surface area contributed by atoms with Gasteiger partial charge in [0.25, 0.3) is 0 Å². The van der Waals surface area contributed by atoms with Gasteiger partial charge in [0.1, 0.15) is 6.10 Å².